The zero-order chi connectivity index (χ0) is 15.7. The minimum absolute atomic E-state index is 0.0232. The van der Waals surface area contributed by atoms with E-state index in [1.54, 1.807) is 24.3 Å². The zero-order valence-corrected chi connectivity index (χ0v) is 14.5. The number of nitrogens with one attached hydrogen (secondary N) is 1. The lowest BCUT2D eigenvalue weighted by molar-refractivity contribution is 0.172. The van der Waals surface area contributed by atoms with Crippen LogP contribution in [0.2, 0.25) is 5.02 Å². The summed E-state index contributed by atoms with van der Waals surface area (Å²) in [7, 11) is -3.37. The van der Waals surface area contributed by atoms with Gasteiger partial charge in [-0.2, -0.15) is 0 Å². The molecule has 21 heavy (non-hydrogen) atoms. The van der Waals surface area contributed by atoms with Crippen molar-refractivity contribution in [1.82, 2.24) is 5.32 Å². The van der Waals surface area contributed by atoms with Gasteiger partial charge in [0.1, 0.15) is 0 Å². The summed E-state index contributed by atoms with van der Waals surface area (Å²) in [6.45, 7) is 7.10. The predicted molar refractivity (Wildman–Crippen MR) is 87.5 cm³/mol. The Kier molecular flexibility index (Phi) is 5.01. The lowest BCUT2D eigenvalue weighted by Crippen LogP contribution is -2.55. The smallest absolute Gasteiger partial charge is 0.182 e. The number of benzene rings is 1. The molecule has 0 aliphatic heterocycles. The first kappa shape index (κ1) is 16.8. The molecule has 0 bridgehead atoms. The molecule has 1 N–H and O–H groups in total. The van der Waals surface area contributed by atoms with Crippen LogP contribution >= 0.6 is 11.6 Å². The Morgan fingerprint density at radius 2 is 2.10 bits per heavy atom. The van der Waals surface area contributed by atoms with Crippen LogP contribution in [-0.2, 0) is 9.84 Å². The Labute approximate surface area is 133 Å². The van der Waals surface area contributed by atoms with Crippen LogP contribution in [0.5, 0.6) is 0 Å². The molecule has 0 heterocycles. The third kappa shape index (κ3) is 3.43. The lowest BCUT2D eigenvalue weighted by Gasteiger charge is -2.44. The van der Waals surface area contributed by atoms with Gasteiger partial charge in [0.15, 0.2) is 9.84 Å². The fourth-order valence-corrected chi connectivity index (χ4v) is 5.83. The maximum Gasteiger partial charge on any atom is 0.182 e. The molecule has 0 saturated heterocycles. The van der Waals surface area contributed by atoms with E-state index >= 15 is 0 Å². The van der Waals surface area contributed by atoms with Gasteiger partial charge in [-0.25, -0.2) is 8.42 Å². The van der Waals surface area contributed by atoms with Crippen molar-refractivity contribution in [3.05, 3.63) is 29.3 Å². The van der Waals surface area contributed by atoms with Crippen LogP contribution in [0.4, 0.5) is 0 Å². The molecule has 1 aliphatic carbocycles. The number of rotatable bonds is 4. The molecule has 1 fully saturated rings. The molecule has 2 atom stereocenters. The topological polar surface area (TPSA) is 46.2 Å². The monoisotopic (exact) mass is 329 g/mol. The van der Waals surface area contributed by atoms with Crippen LogP contribution < -0.4 is 5.32 Å². The summed E-state index contributed by atoms with van der Waals surface area (Å²) in [5, 5.41) is 3.48. The number of halogens is 1. The summed E-state index contributed by atoms with van der Waals surface area (Å²) in [6, 6.07) is 6.58. The molecule has 3 nitrogen and oxygen atoms in total. The van der Waals surface area contributed by atoms with Crippen molar-refractivity contribution in [2.24, 2.45) is 5.41 Å². The number of sulfone groups is 1. The first-order valence-corrected chi connectivity index (χ1v) is 9.44. The van der Waals surface area contributed by atoms with Crippen molar-refractivity contribution in [2.75, 3.05) is 6.54 Å². The summed E-state index contributed by atoms with van der Waals surface area (Å²) in [6.07, 6.45) is 2.70. The Morgan fingerprint density at radius 3 is 2.71 bits per heavy atom. The van der Waals surface area contributed by atoms with Gasteiger partial charge >= 0.3 is 0 Å². The van der Waals surface area contributed by atoms with Crippen molar-refractivity contribution in [2.45, 2.75) is 56.2 Å². The fourth-order valence-electron chi connectivity index (χ4n) is 3.36. The molecule has 5 heteroatoms. The van der Waals surface area contributed by atoms with Crippen molar-refractivity contribution < 1.29 is 8.42 Å². The van der Waals surface area contributed by atoms with Crippen LogP contribution in [0, 0.1) is 5.41 Å². The van der Waals surface area contributed by atoms with E-state index in [1.165, 1.54) is 0 Å². The second-order valence-electron chi connectivity index (χ2n) is 6.46. The highest BCUT2D eigenvalue weighted by molar-refractivity contribution is 7.92. The van der Waals surface area contributed by atoms with Crippen LogP contribution in [0.1, 0.15) is 40.0 Å². The molecular weight excluding hydrogens is 306 g/mol. The standard InChI is InChI=1S/C16H24ClNO2S/c1-4-18-15-14(9-6-10-16(15,2)3)21(19,20)13-8-5-7-12(17)11-13/h5,7-8,11,14-15,18H,4,6,9-10H2,1-3H3. The molecule has 1 aromatic rings. The molecule has 0 spiro atoms. The largest absolute Gasteiger partial charge is 0.312 e. The SMILES string of the molecule is CCNC1C(S(=O)(=O)c2cccc(Cl)c2)CCCC1(C)C. The molecule has 2 unspecified atom stereocenters. The van der Waals surface area contributed by atoms with Crippen LogP contribution in [0.25, 0.3) is 0 Å². The van der Waals surface area contributed by atoms with Gasteiger partial charge in [-0.15, -0.1) is 0 Å². The molecule has 1 saturated carbocycles. The molecular formula is C16H24ClNO2S. The van der Waals surface area contributed by atoms with E-state index in [-0.39, 0.29) is 16.7 Å². The van der Waals surface area contributed by atoms with E-state index in [0.29, 0.717) is 16.3 Å². The van der Waals surface area contributed by atoms with Crippen molar-refractivity contribution in [3.8, 4) is 0 Å². The normalized spacial score (nSPS) is 25.7. The number of hydrogen-bond acceptors (Lipinski definition) is 3. The lowest BCUT2D eigenvalue weighted by atomic mass is 9.73. The maximum absolute atomic E-state index is 13.0. The summed E-state index contributed by atoms with van der Waals surface area (Å²) in [5.41, 5.74) is -0.0232. The van der Waals surface area contributed by atoms with Crippen molar-refractivity contribution in [3.63, 3.8) is 0 Å². The molecule has 0 amide bonds. The van der Waals surface area contributed by atoms with E-state index in [4.69, 9.17) is 11.6 Å². The Morgan fingerprint density at radius 1 is 1.38 bits per heavy atom. The van der Waals surface area contributed by atoms with E-state index in [1.807, 2.05) is 6.92 Å². The van der Waals surface area contributed by atoms with Gasteiger partial charge in [0.05, 0.1) is 10.1 Å². The average molecular weight is 330 g/mol. The minimum atomic E-state index is -3.37. The molecule has 1 aliphatic rings. The maximum atomic E-state index is 13.0. The van der Waals surface area contributed by atoms with E-state index in [9.17, 15) is 8.42 Å². The van der Waals surface area contributed by atoms with Gasteiger partial charge in [0.25, 0.3) is 0 Å². The summed E-state index contributed by atoms with van der Waals surface area (Å²) >= 11 is 5.96. The van der Waals surface area contributed by atoms with Gasteiger partial charge in [0.2, 0.25) is 0 Å². The van der Waals surface area contributed by atoms with E-state index < -0.39 is 9.84 Å². The second kappa shape index (κ2) is 6.27. The van der Waals surface area contributed by atoms with Crippen LogP contribution in [0.15, 0.2) is 29.2 Å². The fraction of sp³-hybridized carbons (Fsp3) is 0.625. The minimum Gasteiger partial charge on any atom is -0.312 e. The number of hydrogen-bond donors (Lipinski definition) is 1. The van der Waals surface area contributed by atoms with E-state index in [2.05, 4.69) is 19.2 Å². The third-order valence-corrected chi connectivity index (χ3v) is 6.92. The zero-order valence-electron chi connectivity index (χ0n) is 12.9. The van der Waals surface area contributed by atoms with Gasteiger partial charge in [-0.3, -0.25) is 0 Å². The molecule has 0 aromatic heterocycles. The summed E-state index contributed by atoms with van der Waals surface area (Å²) in [4.78, 5) is 0.334. The first-order chi connectivity index (χ1) is 9.79. The Hall–Kier alpha value is -0.580. The highest BCUT2D eigenvalue weighted by atomic mass is 35.5. The molecule has 1 aromatic carbocycles. The first-order valence-electron chi connectivity index (χ1n) is 7.52. The van der Waals surface area contributed by atoms with Crippen molar-refractivity contribution in [1.29, 1.82) is 0 Å². The molecule has 118 valence electrons. The predicted octanol–water partition coefficient (Wildman–Crippen LogP) is 3.67. The molecule has 0 radical (unpaired) electrons. The Balaban J connectivity index is 2.41. The van der Waals surface area contributed by atoms with E-state index in [0.717, 1.165) is 19.4 Å². The van der Waals surface area contributed by atoms with Crippen molar-refractivity contribution >= 4 is 21.4 Å². The van der Waals surface area contributed by atoms with Gasteiger partial charge in [-0.1, -0.05) is 44.9 Å². The highest BCUT2D eigenvalue weighted by Crippen LogP contribution is 2.40. The Bertz CT molecular complexity index is 598. The quantitative estimate of drug-likeness (QED) is 0.916. The third-order valence-electron chi connectivity index (χ3n) is 4.47. The average Bonchev–Trinajstić information content (AvgIpc) is 2.40. The van der Waals surface area contributed by atoms with Gasteiger partial charge in [0, 0.05) is 11.1 Å². The highest BCUT2D eigenvalue weighted by Gasteiger charge is 2.45. The van der Waals surface area contributed by atoms with Crippen LogP contribution in [0.3, 0.4) is 0 Å². The second-order valence-corrected chi connectivity index (χ2v) is 9.06. The summed E-state index contributed by atoms with van der Waals surface area (Å²) < 4.78 is 26.0. The van der Waals surface area contributed by atoms with Gasteiger partial charge < -0.3 is 5.32 Å². The van der Waals surface area contributed by atoms with Crippen LogP contribution in [-0.4, -0.2) is 26.3 Å². The summed E-state index contributed by atoms with van der Waals surface area (Å²) in [5.74, 6) is 0. The van der Waals surface area contributed by atoms with Gasteiger partial charge in [-0.05, 0) is 43.0 Å². The molecule has 2 rings (SSSR count).